The molecule has 0 spiro atoms. The van der Waals surface area contributed by atoms with Gasteiger partial charge in [0.15, 0.2) is 0 Å². The maximum atomic E-state index is 5.97. The van der Waals surface area contributed by atoms with Crippen LogP contribution < -0.4 is 11.1 Å². The highest BCUT2D eigenvalue weighted by Crippen LogP contribution is 2.24. The average molecular weight is 267 g/mol. The maximum Gasteiger partial charge on any atom is 0.129 e. The molecule has 0 fully saturated rings. The Morgan fingerprint density at radius 1 is 1.20 bits per heavy atom. The Kier molecular flexibility index (Phi) is 3.06. The molecule has 102 valence electrons. The number of aromatic nitrogens is 1. The number of pyridine rings is 1. The third-order valence-corrected chi connectivity index (χ3v) is 3.31. The van der Waals surface area contributed by atoms with Gasteiger partial charge in [-0.2, -0.15) is 0 Å². The molecule has 0 unspecified atom stereocenters. The second kappa shape index (κ2) is 4.89. The van der Waals surface area contributed by atoms with Crippen molar-refractivity contribution in [3.63, 3.8) is 0 Å². The van der Waals surface area contributed by atoms with Crippen molar-refractivity contribution in [2.45, 2.75) is 20.4 Å². The van der Waals surface area contributed by atoms with Crippen LogP contribution in [0.3, 0.4) is 0 Å². The molecule has 0 aliphatic rings. The van der Waals surface area contributed by atoms with E-state index in [1.165, 1.54) is 0 Å². The molecule has 1 aromatic carbocycles. The van der Waals surface area contributed by atoms with Crippen molar-refractivity contribution in [2.24, 2.45) is 0 Å². The van der Waals surface area contributed by atoms with Gasteiger partial charge in [0, 0.05) is 11.1 Å². The van der Waals surface area contributed by atoms with Gasteiger partial charge >= 0.3 is 0 Å². The van der Waals surface area contributed by atoms with Crippen LogP contribution in [0.25, 0.3) is 10.9 Å². The number of hydrogen-bond acceptors (Lipinski definition) is 4. The quantitative estimate of drug-likeness (QED) is 0.711. The topological polar surface area (TPSA) is 64.1 Å². The van der Waals surface area contributed by atoms with Crippen LogP contribution in [-0.2, 0) is 6.54 Å². The lowest BCUT2D eigenvalue weighted by atomic mass is 10.1. The van der Waals surface area contributed by atoms with Gasteiger partial charge in [-0.1, -0.05) is 6.07 Å². The number of rotatable bonds is 3. The minimum atomic E-state index is 0.621. The molecule has 0 saturated carbocycles. The monoisotopic (exact) mass is 267 g/mol. The van der Waals surface area contributed by atoms with E-state index in [0.717, 1.165) is 39.5 Å². The third-order valence-electron chi connectivity index (χ3n) is 3.31. The van der Waals surface area contributed by atoms with Gasteiger partial charge in [0.05, 0.1) is 12.1 Å². The van der Waals surface area contributed by atoms with Gasteiger partial charge in [-0.15, -0.1) is 0 Å². The number of anilines is 2. The molecule has 0 atom stereocenters. The number of nitrogen functional groups attached to an aromatic ring is 1. The average Bonchev–Trinajstić information content (AvgIpc) is 2.83. The van der Waals surface area contributed by atoms with Gasteiger partial charge in [0.25, 0.3) is 0 Å². The Morgan fingerprint density at radius 3 is 2.80 bits per heavy atom. The minimum Gasteiger partial charge on any atom is -0.465 e. The highest BCUT2D eigenvalue weighted by Gasteiger charge is 2.06. The summed E-state index contributed by atoms with van der Waals surface area (Å²) in [6.45, 7) is 4.58. The van der Waals surface area contributed by atoms with Crippen molar-refractivity contribution in [3.05, 3.63) is 53.5 Å². The Bertz CT molecular complexity index is 762. The number of hydrogen-bond donors (Lipinski definition) is 2. The van der Waals surface area contributed by atoms with Crippen molar-refractivity contribution in [1.29, 1.82) is 0 Å². The molecule has 3 rings (SSSR count). The predicted molar refractivity (Wildman–Crippen MR) is 81.7 cm³/mol. The lowest BCUT2D eigenvalue weighted by Gasteiger charge is -2.10. The molecule has 2 aromatic heterocycles. The van der Waals surface area contributed by atoms with Gasteiger partial charge in [0.1, 0.15) is 17.3 Å². The number of nitrogens with zero attached hydrogens (tertiary/aromatic N) is 1. The summed E-state index contributed by atoms with van der Waals surface area (Å²) in [5.41, 5.74) is 8.69. The Hall–Kier alpha value is -2.49. The SMILES string of the molecule is Cc1ccc(CNc2nc3cccc(N)c3cc2C)o1. The molecule has 20 heavy (non-hydrogen) atoms. The van der Waals surface area contributed by atoms with Crippen molar-refractivity contribution in [3.8, 4) is 0 Å². The molecule has 4 heteroatoms. The maximum absolute atomic E-state index is 5.97. The van der Waals surface area contributed by atoms with Crippen molar-refractivity contribution < 1.29 is 4.42 Å². The molecule has 2 heterocycles. The van der Waals surface area contributed by atoms with E-state index in [2.05, 4.69) is 16.4 Å². The Morgan fingerprint density at radius 2 is 2.05 bits per heavy atom. The lowest BCUT2D eigenvalue weighted by molar-refractivity contribution is 0.490. The zero-order valence-corrected chi connectivity index (χ0v) is 11.6. The summed E-state index contributed by atoms with van der Waals surface area (Å²) in [6.07, 6.45) is 0. The number of furan rings is 1. The highest BCUT2D eigenvalue weighted by atomic mass is 16.3. The van der Waals surface area contributed by atoms with Crippen molar-refractivity contribution >= 4 is 22.4 Å². The van der Waals surface area contributed by atoms with E-state index in [4.69, 9.17) is 10.2 Å². The molecule has 0 aliphatic heterocycles. The van der Waals surface area contributed by atoms with E-state index in [9.17, 15) is 0 Å². The number of nitrogens with two attached hydrogens (primary N) is 1. The third kappa shape index (κ3) is 2.32. The molecular weight excluding hydrogens is 250 g/mol. The molecule has 3 aromatic rings. The first-order chi connectivity index (χ1) is 9.63. The van der Waals surface area contributed by atoms with Crippen LogP contribution in [0.15, 0.2) is 40.8 Å². The second-order valence-corrected chi connectivity index (χ2v) is 4.93. The highest BCUT2D eigenvalue weighted by molar-refractivity contribution is 5.91. The van der Waals surface area contributed by atoms with E-state index in [1.54, 1.807) is 0 Å². The van der Waals surface area contributed by atoms with Crippen LogP contribution in [0.1, 0.15) is 17.1 Å². The van der Waals surface area contributed by atoms with E-state index in [-0.39, 0.29) is 0 Å². The van der Waals surface area contributed by atoms with Crippen molar-refractivity contribution in [1.82, 2.24) is 4.98 Å². The molecular formula is C16H17N3O. The van der Waals surface area contributed by atoms with Crippen LogP contribution in [0, 0.1) is 13.8 Å². The molecule has 0 bridgehead atoms. The van der Waals surface area contributed by atoms with Crippen LogP contribution in [0.5, 0.6) is 0 Å². The fraction of sp³-hybridized carbons (Fsp3) is 0.188. The molecule has 0 saturated heterocycles. The van der Waals surface area contributed by atoms with Crippen LogP contribution in [-0.4, -0.2) is 4.98 Å². The first kappa shape index (κ1) is 12.5. The molecule has 0 aliphatic carbocycles. The number of aryl methyl sites for hydroxylation is 2. The summed E-state index contributed by atoms with van der Waals surface area (Å²) in [6, 6.07) is 11.8. The van der Waals surface area contributed by atoms with Gasteiger partial charge in [0.2, 0.25) is 0 Å². The second-order valence-electron chi connectivity index (χ2n) is 4.93. The Labute approximate surface area is 117 Å². The zero-order chi connectivity index (χ0) is 14.1. The van der Waals surface area contributed by atoms with E-state index >= 15 is 0 Å². The largest absolute Gasteiger partial charge is 0.465 e. The normalized spacial score (nSPS) is 10.9. The van der Waals surface area contributed by atoms with Crippen LogP contribution in [0.4, 0.5) is 11.5 Å². The lowest BCUT2D eigenvalue weighted by Crippen LogP contribution is -2.03. The van der Waals surface area contributed by atoms with Crippen LogP contribution in [0.2, 0.25) is 0 Å². The first-order valence-electron chi connectivity index (χ1n) is 6.58. The summed E-state index contributed by atoms with van der Waals surface area (Å²) in [7, 11) is 0. The summed E-state index contributed by atoms with van der Waals surface area (Å²) in [5.74, 6) is 2.67. The Balaban J connectivity index is 1.89. The summed E-state index contributed by atoms with van der Waals surface area (Å²) >= 11 is 0. The fourth-order valence-corrected chi connectivity index (χ4v) is 2.25. The smallest absolute Gasteiger partial charge is 0.129 e. The fourth-order valence-electron chi connectivity index (χ4n) is 2.25. The number of nitrogens with one attached hydrogen (secondary N) is 1. The molecule has 0 radical (unpaired) electrons. The summed E-state index contributed by atoms with van der Waals surface area (Å²) in [5, 5.41) is 4.30. The van der Waals surface area contributed by atoms with E-state index in [1.807, 2.05) is 44.2 Å². The van der Waals surface area contributed by atoms with Gasteiger partial charge in [-0.05, 0) is 49.7 Å². The summed E-state index contributed by atoms with van der Waals surface area (Å²) < 4.78 is 5.54. The predicted octanol–water partition coefficient (Wildman–Crippen LogP) is 3.64. The summed E-state index contributed by atoms with van der Waals surface area (Å²) in [4.78, 5) is 4.62. The van der Waals surface area contributed by atoms with E-state index < -0.39 is 0 Å². The first-order valence-corrected chi connectivity index (χ1v) is 6.58. The van der Waals surface area contributed by atoms with Crippen molar-refractivity contribution in [2.75, 3.05) is 11.1 Å². The molecule has 4 nitrogen and oxygen atoms in total. The minimum absolute atomic E-state index is 0.621. The van der Waals surface area contributed by atoms with Gasteiger partial charge < -0.3 is 15.5 Å². The number of fused-ring (bicyclic) bond motifs is 1. The standard InChI is InChI=1S/C16H17N3O/c1-10-8-13-14(17)4-3-5-15(13)19-16(10)18-9-12-7-6-11(2)20-12/h3-8H,9,17H2,1-2H3,(H,18,19). The van der Waals surface area contributed by atoms with Crippen LogP contribution >= 0.6 is 0 Å². The number of benzene rings is 1. The zero-order valence-electron chi connectivity index (χ0n) is 11.6. The molecule has 3 N–H and O–H groups in total. The van der Waals surface area contributed by atoms with Gasteiger partial charge in [-0.25, -0.2) is 4.98 Å². The van der Waals surface area contributed by atoms with Gasteiger partial charge in [-0.3, -0.25) is 0 Å². The molecule has 0 amide bonds. The van der Waals surface area contributed by atoms with E-state index in [0.29, 0.717) is 6.54 Å².